The Bertz CT molecular complexity index is 935. The van der Waals surface area contributed by atoms with E-state index in [0.717, 1.165) is 16.5 Å². The van der Waals surface area contributed by atoms with Gasteiger partial charge in [0.25, 0.3) is 0 Å². The fourth-order valence-electron chi connectivity index (χ4n) is 2.94. The molecular weight excluding hydrogens is 333 g/mol. The first-order valence-electron chi connectivity index (χ1n) is 8.40. The van der Waals surface area contributed by atoms with Crippen molar-refractivity contribution in [3.8, 4) is 0 Å². The lowest BCUT2D eigenvalue weighted by molar-refractivity contribution is -0.121. The molecule has 6 heteroatoms. The van der Waals surface area contributed by atoms with E-state index in [9.17, 15) is 14.0 Å². The third kappa shape index (κ3) is 3.91. The van der Waals surface area contributed by atoms with Gasteiger partial charge in [0.15, 0.2) is 0 Å². The monoisotopic (exact) mass is 353 g/mol. The maximum Gasteiger partial charge on any atom is 0.224 e. The summed E-state index contributed by atoms with van der Waals surface area (Å²) in [6.07, 6.45) is 2.06. The molecule has 0 atom stereocenters. The standard InChI is InChI=1S/C20H20FN3O2/c1-14(25)24(19-9-5-3-7-17(19)21)11-10-22-20(26)12-15-13-23-18-8-4-2-6-16(15)18/h2-9,13,23H,10-12H2,1H3,(H,22,26). The van der Waals surface area contributed by atoms with Crippen LogP contribution >= 0.6 is 0 Å². The summed E-state index contributed by atoms with van der Waals surface area (Å²) in [5, 5.41) is 3.80. The maximum atomic E-state index is 13.9. The van der Waals surface area contributed by atoms with Crippen LogP contribution in [0.4, 0.5) is 10.1 Å². The number of nitrogens with one attached hydrogen (secondary N) is 2. The Kier molecular flexibility index (Phi) is 5.31. The summed E-state index contributed by atoms with van der Waals surface area (Å²) < 4.78 is 13.9. The van der Waals surface area contributed by atoms with Crippen LogP contribution in [-0.2, 0) is 16.0 Å². The van der Waals surface area contributed by atoms with Crippen molar-refractivity contribution in [1.29, 1.82) is 0 Å². The Balaban J connectivity index is 1.59. The van der Waals surface area contributed by atoms with E-state index in [0.29, 0.717) is 0 Å². The number of carbonyl (C=O) groups excluding carboxylic acids is 2. The van der Waals surface area contributed by atoms with Crippen molar-refractivity contribution >= 4 is 28.4 Å². The zero-order valence-electron chi connectivity index (χ0n) is 14.5. The van der Waals surface area contributed by atoms with Crippen molar-refractivity contribution < 1.29 is 14.0 Å². The highest BCUT2D eigenvalue weighted by molar-refractivity contribution is 5.92. The summed E-state index contributed by atoms with van der Waals surface area (Å²) in [6, 6.07) is 13.9. The predicted molar refractivity (Wildman–Crippen MR) is 99.4 cm³/mol. The molecule has 2 amide bonds. The van der Waals surface area contributed by atoms with Crippen molar-refractivity contribution in [2.45, 2.75) is 13.3 Å². The Labute approximate surface area is 150 Å². The van der Waals surface area contributed by atoms with Gasteiger partial charge in [0, 0.05) is 37.1 Å². The van der Waals surface area contributed by atoms with E-state index in [-0.39, 0.29) is 37.0 Å². The topological polar surface area (TPSA) is 65.2 Å². The van der Waals surface area contributed by atoms with E-state index >= 15 is 0 Å². The van der Waals surface area contributed by atoms with Gasteiger partial charge in [0.1, 0.15) is 5.82 Å². The minimum Gasteiger partial charge on any atom is -0.361 e. The minimum absolute atomic E-state index is 0.146. The lowest BCUT2D eigenvalue weighted by atomic mass is 10.1. The Morgan fingerprint density at radius 2 is 1.85 bits per heavy atom. The molecule has 3 aromatic rings. The molecule has 0 aliphatic carbocycles. The number of hydrogen-bond acceptors (Lipinski definition) is 2. The highest BCUT2D eigenvalue weighted by Gasteiger charge is 2.15. The molecule has 0 unspecified atom stereocenters. The van der Waals surface area contributed by atoms with E-state index in [4.69, 9.17) is 0 Å². The van der Waals surface area contributed by atoms with Gasteiger partial charge in [-0.3, -0.25) is 9.59 Å². The molecule has 0 bridgehead atoms. The largest absolute Gasteiger partial charge is 0.361 e. The Morgan fingerprint density at radius 1 is 1.12 bits per heavy atom. The SMILES string of the molecule is CC(=O)N(CCNC(=O)Cc1c[nH]c2ccccc12)c1ccccc1F. The number of anilines is 1. The summed E-state index contributed by atoms with van der Waals surface area (Å²) in [5.74, 6) is -0.888. The van der Waals surface area contributed by atoms with Gasteiger partial charge in [-0.2, -0.15) is 0 Å². The van der Waals surface area contributed by atoms with Gasteiger partial charge in [-0.1, -0.05) is 30.3 Å². The molecule has 1 heterocycles. The Morgan fingerprint density at radius 3 is 2.62 bits per heavy atom. The first-order valence-corrected chi connectivity index (χ1v) is 8.40. The van der Waals surface area contributed by atoms with Gasteiger partial charge in [0.05, 0.1) is 12.1 Å². The van der Waals surface area contributed by atoms with Gasteiger partial charge in [-0.15, -0.1) is 0 Å². The second kappa shape index (κ2) is 7.82. The van der Waals surface area contributed by atoms with E-state index in [2.05, 4.69) is 10.3 Å². The van der Waals surface area contributed by atoms with Crippen molar-refractivity contribution in [3.05, 3.63) is 66.1 Å². The van der Waals surface area contributed by atoms with Crippen molar-refractivity contribution in [1.82, 2.24) is 10.3 Å². The lowest BCUT2D eigenvalue weighted by Crippen LogP contribution is -2.38. The molecular formula is C20H20FN3O2. The highest BCUT2D eigenvalue weighted by atomic mass is 19.1. The molecule has 5 nitrogen and oxygen atoms in total. The number of nitrogens with zero attached hydrogens (tertiary/aromatic N) is 1. The fourth-order valence-corrected chi connectivity index (χ4v) is 2.94. The minimum atomic E-state index is -0.465. The van der Waals surface area contributed by atoms with Crippen LogP contribution in [0, 0.1) is 5.82 Å². The van der Waals surface area contributed by atoms with Crippen molar-refractivity contribution in [2.75, 3.05) is 18.0 Å². The number of para-hydroxylation sites is 2. The van der Waals surface area contributed by atoms with Crippen LogP contribution in [0.1, 0.15) is 12.5 Å². The summed E-state index contributed by atoms with van der Waals surface area (Å²) in [6.45, 7) is 1.82. The number of H-pyrrole nitrogens is 1. The van der Waals surface area contributed by atoms with Crippen LogP contribution in [-0.4, -0.2) is 29.9 Å². The smallest absolute Gasteiger partial charge is 0.224 e. The van der Waals surface area contributed by atoms with E-state index in [1.165, 1.54) is 17.9 Å². The third-order valence-corrected chi connectivity index (χ3v) is 4.21. The number of benzene rings is 2. The lowest BCUT2D eigenvalue weighted by Gasteiger charge is -2.21. The number of hydrogen-bond donors (Lipinski definition) is 2. The normalized spacial score (nSPS) is 10.7. The first kappa shape index (κ1) is 17.7. The van der Waals surface area contributed by atoms with E-state index in [1.54, 1.807) is 18.2 Å². The number of amides is 2. The number of fused-ring (bicyclic) bond motifs is 1. The number of rotatable bonds is 6. The molecule has 0 saturated carbocycles. The zero-order valence-corrected chi connectivity index (χ0v) is 14.5. The van der Waals surface area contributed by atoms with Gasteiger partial charge < -0.3 is 15.2 Å². The van der Waals surface area contributed by atoms with Crippen molar-refractivity contribution in [2.24, 2.45) is 0 Å². The Hall–Kier alpha value is -3.15. The van der Waals surface area contributed by atoms with E-state index < -0.39 is 5.82 Å². The summed E-state index contributed by atoms with van der Waals surface area (Å²) in [7, 11) is 0. The number of halogens is 1. The molecule has 1 aromatic heterocycles. The van der Waals surface area contributed by atoms with Crippen LogP contribution in [0.3, 0.4) is 0 Å². The van der Waals surface area contributed by atoms with Gasteiger partial charge in [-0.05, 0) is 23.8 Å². The average Bonchev–Trinajstić information content (AvgIpc) is 3.02. The molecule has 3 rings (SSSR count). The summed E-state index contributed by atoms with van der Waals surface area (Å²) >= 11 is 0. The maximum absolute atomic E-state index is 13.9. The molecule has 0 radical (unpaired) electrons. The van der Waals surface area contributed by atoms with Crippen LogP contribution in [0.5, 0.6) is 0 Å². The summed E-state index contributed by atoms with van der Waals surface area (Å²) in [4.78, 5) is 28.5. The first-order chi connectivity index (χ1) is 12.6. The highest BCUT2D eigenvalue weighted by Crippen LogP contribution is 2.19. The van der Waals surface area contributed by atoms with Gasteiger partial charge >= 0.3 is 0 Å². The predicted octanol–water partition coefficient (Wildman–Crippen LogP) is 3.02. The van der Waals surface area contributed by atoms with Crippen LogP contribution < -0.4 is 10.2 Å². The fraction of sp³-hybridized carbons (Fsp3) is 0.200. The molecule has 0 saturated heterocycles. The average molecular weight is 353 g/mol. The van der Waals surface area contributed by atoms with Crippen LogP contribution in [0.25, 0.3) is 10.9 Å². The van der Waals surface area contributed by atoms with Gasteiger partial charge in [0.2, 0.25) is 11.8 Å². The van der Waals surface area contributed by atoms with Crippen molar-refractivity contribution in [3.63, 3.8) is 0 Å². The quantitative estimate of drug-likeness (QED) is 0.715. The van der Waals surface area contributed by atoms with Crippen LogP contribution in [0.2, 0.25) is 0 Å². The zero-order chi connectivity index (χ0) is 18.5. The van der Waals surface area contributed by atoms with Crippen LogP contribution in [0.15, 0.2) is 54.7 Å². The van der Waals surface area contributed by atoms with E-state index in [1.807, 2.05) is 30.5 Å². The molecule has 0 aliphatic heterocycles. The number of carbonyl (C=O) groups is 2. The molecule has 0 fully saturated rings. The molecule has 26 heavy (non-hydrogen) atoms. The van der Waals surface area contributed by atoms with Gasteiger partial charge in [-0.25, -0.2) is 4.39 Å². The molecule has 134 valence electrons. The summed E-state index contributed by atoms with van der Waals surface area (Å²) in [5.41, 5.74) is 2.11. The second-order valence-corrected chi connectivity index (χ2v) is 6.01. The molecule has 0 aliphatic rings. The second-order valence-electron chi connectivity index (χ2n) is 6.01. The molecule has 2 aromatic carbocycles. The molecule has 0 spiro atoms. The third-order valence-electron chi connectivity index (χ3n) is 4.21. The molecule has 2 N–H and O–H groups in total. The number of aromatic nitrogens is 1. The number of aromatic amines is 1.